The van der Waals surface area contributed by atoms with E-state index in [-0.39, 0.29) is 12.5 Å². The molecule has 1 aliphatic carbocycles. The normalized spacial score (nSPS) is 20.7. The first-order valence-corrected chi connectivity index (χ1v) is 8.97. The fourth-order valence-electron chi connectivity index (χ4n) is 2.84. The first-order valence-electron chi connectivity index (χ1n) is 8.16. The van der Waals surface area contributed by atoms with E-state index in [9.17, 15) is 4.79 Å². The number of methoxy groups -OCH3 is 1. The Balaban J connectivity index is 1.76. The molecule has 0 aromatic heterocycles. The average molecular weight is 357 g/mol. The van der Waals surface area contributed by atoms with Gasteiger partial charge in [-0.2, -0.15) is 5.26 Å². The lowest BCUT2D eigenvalue weighted by molar-refractivity contribution is -0.115. The molecule has 7 heteroatoms. The van der Waals surface area contributed by atoms with Crippen molar-refractivity contribution in [2.45, 2.75) is 31.7 Å². The number of amidine groups is 1. The number of benzene rings is 1. The van der Waals surface area contributed by atoms with Gasteiger partial charge in [-0.15, -0.1) is 0 Å². The van der Waals surface area contributed by atoms with Gasteiger partial charge in [0.15, 0.2) is 23.3 Å². The molecule has 0 unspecified atom stereocenters. The summed E-state index contributed by atoms with van der Waals surface area (Å²) in [6, 6.07) is 7.58. The number of hydrogen-bond donors (Lipinski definition) is 1. The van der Waals surface area contributed by atoms with Gasteiger partial charge in [-0.05, 0) is 48.4 Å². The number of hydrogen-bond acceptors (Lipinski definition) is 6. The summed E-state index contributed by atoms with van der Waals surface area (Å²) >= 11 is 1.37. The summed E-state index contributed by atoms with van der Waals surface area (Å²) in [5.41, 5.74) is 0.820. The van der Waals surface area contributed by atoms with Gasteiger partial charge in [0.25, 0.3) is 5.91 Å². The molecule has 6 nitrogen and oxygen atoms in total. The molecule has 0 spiro atoms. The van der Waals surface area contributed by atoms with Gasteiger partial charge in [0.2, 0.25) is 0 Å². The summed E-state index contributed by atoms with van der Waals surface area (Å²) in [7, 11) is 1.54. The lowest BCUT2D eigenvalue weighted by atomic mass is 10.2. The maximum absolute atomic E-state index is 12.2. The highest BCUT2D eigenvalue weighted by Gasteiger charge is 2.25. The van der Waals surface area contributed by atoms with Crippen LogP contribution in [0.15, 0.2) is 28.1 Å². The molecule has 1 aromatic carbocycles. The number of thioether (sulfide) groups is 1. The van der Waals surface area contributed by atoms with Gasteiger partial charge in [0, 0.05) is 0 Å². The Morgan fingerprint density at radius 3 is 2.92 bits per heavy atom. The standard InChI is InChI=1S/C18H19N3O3S/c1-23-15-10-12(6-7-14(15)24-9-8-19)11-16-17(22)21-18(25-16)20-13-4-2-3-5-13/h6-7,10-11,13H,2-5,9H2,1H3,(H,20,21,22)/b16-11-. The van der Waals surface area contributed by atoms with Gasteiger partial charge in [0.1, 0.15) is 6.07 Å². The Hall–Kier alpha value is -2.46. The summed E-state index contributed by atoms with van der Waals surface area (Å²) < 4.78 is 10.6. The first kappa shape index (κ1) is 17.4. The van der Waals surface area contributed by atoms with Crippen molar-refractivity contribution in [2.24, 2.45) is 4.99 Å². The van der Waals surface area contributed by atoms with Gasteiger partial charge in [0.05, 0.1) is 18.1 Å². The molecule has 1 aromatic rings. The zero-order valence-electron chi connectivity index (χ0n) is 13.9. The highest BCUT2D eigenvalue weighted by Crippen LogP contribution is 2.32. The quantitative estimate of drug-likeness (QED) is 0.819. The van der Waals surface area contributed by atoms with E-state index in [1.807, 2.05) is 12.1 Å². The summed E-state index contributed by atoms with van der Waals surface area (Å²) in [6.07, 6.45) is 6.42. The van der Waals surface area contributed by atoms with Crippen LogP contribution in [0.3, 0.4) is 0 Å². The summed E-state index contributed by atoms with van der Waals surface area (Å²) in [5, 5.41) is 12.1. The van der Waals surface area contributed by atoms with E-state index in [1.54, 1.807) is 18.2 Å². The predicted octanol–water partition coefficient (Wildman–Crippen LogP) is 3.10. The highest BCUT2D eigenvalue weighted by molar-refractivity contribution is 8.18. The molecular weight excluding hydrogens is 338 g/mol. The summed E-state index contributed by atoms with van der Waals surface area (Å²) in [5.74, 6) is 0.886. The summed E-state index contributed by atoms with van der Waals surface area (Å²) in [6.45, 7) is -0.0456. The van der Waals surface area contributed by atoms with Crippen molar-refractivity contribution in [2.75, 3.05) is 13.7 Å². The van der Waals surface area contributed by atoms with Crippen molar-refractivity contribution < 1.29 is 14.3 Å². The molecule has 0 atom stereocenters. The Bertz CT molecular complexity index is 761. The highest BCUT2D eigenvalue weighted by atomic mass is 32.2. The largest absolute Gasteiger partial charge is 0.493 e. The van der Waals surface area contributed by atoms with Crippen molar-refractivity contribution in [3.8, 4) is 17.6 Å². The molecule has 130 valence electrons. The van der Waals surface area contributed by atoms with E-state index in [0.717, 1.165) is 18.4 Å². The second-order valence-corrected chi connectivity index (χ2v) is 6.83. The molecule has 3 rings (SSSR count). The van der Waals surface area contributed by atoms with Gasteiger partial charge in [-0.3, -0.25) is 9.79 Å². The number of nitrogens with zero attached hydrogens (tertiary/aromatic N) is 2. The molecule has 0 bridgehead atoms. The molecule has 1 aliphatic heterocycles. The van der Waals surface area contributed by atoms with Crippen LogP contribution in [0.25, 0.3) is 6.08 Å². The second kappa shape index (κ2) is 8.08. The fraction of sp³-hybridized carbons (Fsp3) is 0.389. The molecular formula is C18H19N3O3S. The zero-order valence-corrected chi connectivity index (χ0v) is 14.8. The van der Waals surface area contributed by atoms with Crippen LogP contribution >= 0.6 is 11.8 Å². The van der Waals surface area contributed by atoms with Gasteiger partial charge >= 0.3 is 0 Å². The molecule has 2 aliphatic rings. The molecule has 0 radical (unpaired) electrons. The Labute approximate surface area is 150 Å². The number of carbonyl (C=O) groups excluding carboxylic acids is 1. The third kappa shape index (κ3) is 4.34. The van der Waals surface area contributed by atoms with E-state index in [0.29, 0.717) is 27.6 Å². The van der Waals surface area contributed by atoms with Crippen molar-refractivity contribution in [3.05, 3.63) is 28.7 Å². The number of aliphatic imine (C=N–C) groups is 1. The van der Waals surface area contributed by atoms with Crippen LogP contribution in [0.1, 0.15) is 31.2 Å². The summed E-state index contributed by atoms with van der Waals surface area (Å²) in [4.78, 5) is 17.4. The van der Waals surface area contributed by atoms with Crippen LogP contribution in [-0.4, -0.2) is 30.8 Å². The van der Waals surface area contributed by atoms with Crippen molar-refractivity contribution in [3.63, 3.8) is 0 Å². The van der Waals surface area contributed by atoms with Crippen LogP contribution in [0, 0.1) is 11.3 Å². The minimum atomic E-state index is -0.134. The number of carbonyl (C=O) groups is 1. The third-order valence-corrected chi connectivity index (χ3v) is 4.98. The van der Waals surface area contributed by atoms with E-state index < -0.39 is 0 Å². The SMILES string of the molecule is COc1cc(/C=C2\SC(=NC3CCCC3)NC2=O)ccc1OCC#N. The molecule has 25 heavy (non-hydrogen) atoms. The van der Waals surface area contributed by atoms with E-state index in [1.165, 1.54) is 31.7 Å². The molecule has 2 fully saturated rings. The maximum atomic E-state index is 12.2. The molecule has 1 saturated heterocycles. The smallest absolute Gasteiger partial charge is 0.264 e. The van der Waals surface area contributed by atoms with E-state index in [4.69, 9.17) is 14.7 Å². The Morgan fingerprint density at radius 1 is 1.40 bits per heavy atom. The Morgan fingerprint density at radius 2 is 2.20 bits per heavy atom. The van der Waals surface area contributed by atoms with Gasteiger partial charge < -0.3 is 14.8 Å². The minimum absolute atomic E-state index is 0.0456. The lowest BCUT2D eigenvalue weighted by Crippen LogP contribution is -2.21. The number of nitrogens with one attached hydrogen (secondary N) is 1. The van der Waals surface area contributed by atoms with Crippen LogP contribution in [-0.2, 0) is 4.79 Å². The van der Waals surface area contributed by atoms with E-state index >= 15 is 0 Å². The molecule has 1 heterocycles. The topological polar surface area (TPSA) is 83.7 Å². The van der Waals surface area contributed by atoms with Crippen LogP contribution < -0.4 is 14.8 Å². The van der Waals surface area contributed by atoms with E-state index in [2.05, 4.69) is 10.3 Å². The predicted molar refractivity (Wildman–Crippen MR) is 97.5 cm³/mol. The minimum Gasteiger partial charge on any atom is -0.493 e. The number of amides is 1. The first-order chi connectivity index (χ1) is 12.2. The average Bonchev–Trinajstić information content (AvgIpc) is 3.24. The fourth-order valence-corrected chi connectivity index (χ4v) is 3.73. The lowest BCUT2D eigenvalue weighted by Gasteiger charge is -2.09. The van der Waals surface area contributed by atoms with Crippen LogP contribution in [0.4, 0.5) is 0 Å². The van der Waals surface area contributed by atoms with Crippen molar-refractivity contribution in [1.82, 2.24) is 5.32 Å². The Kier molecular flexibility index (Phi) is 5.61. The van der Waals surface area contributed by atoms with Gasteiger partial charge in [-0.1, -0.05) is 18.9 Å². The number of ether oxygens (including phenoxy) is 2. The second-order valence-electron chi connectivity index (χ2n) is 5.79. The molecule has 1 saturated carbocycles. The number of rotatable bonds is 5. The van der Waals surface area contributed by atoms with Crippen molar-refractivity contribution in [1.29, 1.82) is 5.26 Å². The zero-order chi connectivity index (χ0) is 17.6. The van der Waals surface area contributed by atoms with Crippen molar-refractivity contribution >= 4 is 28.9 Å². The number of nitriles is 1. The maximum Gasteiger partial charge on any atom is 0.264 e. The monoisotopic (exact) mass is 357 g/mol. The molecule has 1 N–H and O–H groups in total. The molecule has 1 amide bonds. The third-order valence-electron chi connectivity index (χ3n) is 4.05. The van der Waals surface area contributed by atoms with Crippen LogP contribution in [0.5, 0.6) is 11.5 Å². The van der Waals surface area contributed by atoms with Gasteiger partial charge in [-0.25, -0.2) is 0 Å². The van der Waals surface area contributed by atoms with Crippen LogP contribution in [0.2, 0.25) is 0 Å².